The number of nitrogens with zero attached hydrogens (tertiary/aromatic N) is 1. The third-order valence-corrected chi connectivity index (χ3v) is 6.66. The SMILES string of the molecule is Cc1ccc2oc(=O)c3c(c2c1)OC(=O)[C@](C)(N(C)C(=O)c1ccccc1)[C@H]3c1ccccc1. The van der Waals surface area contributed by atoms with Crippen molar-refractivity contribution in [3.63, 3.8) is 0 Å². The maximum Gasteiger partial charge on any atom is 0.343 e. The lowest BCUT2D eigenvalue weighted by Crippen LogP contribution is -2.61. The van der Waals surface area contributed by atoms with Crippen LogP contribution in [-0.2, 0) is 4.79 Å². The van der Waals surface area contributed by atoms with Crippen LogP contribution in [0.1, 0.15) is 39.9 Å². The van der Waals surface area contributed by atoms with Gasteiger partial charge in [0.1, 0.15) is 11.1 Å². The summed E-state index contributed by atoms with van der Waals surface area (Å²) in [5, 5.41) is 0.544. The van der Waals surface area contributed by atoms with Crippen LogP contribution in [0.2, 0.25) is 0 Å². The van der Waals surface area contributed by atoms with Crippen molar-refractivity contribution in [1.29, 1.82) is 0 Å². The van der Waals surface area contributed by atoms with Crippen LogP contribution >= 0.6 is 0 Å². The predicted molar refractivity (Wildman–Crippen MR) is 128 cm³/mol. The van der Waals surface area contributed by atoms with Crippen LogP contribution in [-0.4, -0.2) is 29.4 Å². The summed E-state index contributed by atoms with van der Waals surface area (Å²) < 4.78 is 11.5. The van der Waals surface area contributed by atoms with Gasteiger partial charge in [-0.15, -0.1) is 0 Å². The first kappa shape index (κ1) is 21.6. The Morgan fingerprint density at radius 3 is 2.26 bits per heavy atom. The molecule has 170 valence electrons. The minimum atomic E-state index is -1.51. The van der Waals surface area contributed by atoms with Crippen molar-refractivity contribution in [2.24, 2.45) is 0 Å². The number of hydrogen-bond donors (Lipinski definition) is 0. The molecular formula is C28H23NO5. The summed E-state index contributed by atoms with van der Waals surface area (Å²) in [6.07, 6.45) is 0. The van der Waals surface area contributed by atoms with Gasteiger partial charge in [0.25, 0.3) is 5.91 Å². The van der Waals surface area contributed by atoms with Crippen molar-refractivity contribution in [3.05, 3.63) is 112 Å². The summed E-state index contributed by atoms with van der Waals surface area (Å²) in [5.74, 6) is -1.59. The largest absolute Gasteiger partial charge is 0.423 e. The lowest BCUT2D eigenvalue weighted by Gasteiger charge is -2.45. The first-order valence-electron chi connectivity index (χ1n) is 11.0. The molecule has 2 atom stereocenters. The van der Waals surface area contributed by atoms with E-state index in [0.29, 0.717) is 22.1 Å². The second kappa shape index (κ2) is 7.99. The second-order valence-electron chi connectivity index (χ2n) is 8.74. The van der Waals surface area contributed by atoms with Gasteiger partial charge in [0.15, 0.2) is 5.75 Å². The lowest BCUT2D eigenvalue weighted by atomic mass is 9.73. The Balaban J connectivity index is 1.79. The van der Waals surface area contributed by atoms with Gasteiger partial charge in [-0.1, -0.05) is 60.2 Å². The van der Waals surface area contributed by atoms with Crippen LogP contribution in [0.15, 0.2) is 88.1 Å². The molecule has 1 aliphatic rings. The summed E-state index contributed by atoms with van der Waals surface area (Å²) >= 11 is 0. The second-order valence-corrected chi connectivity index (χ2v) is 8.74. The van der Waals surface area contributed by atoms with E-state index in [1.807, 2.05) is 55.5 Å². The molecule has 0 unspecified atom stereocenters. The van der Waals surface area contributed by atoms with Crippen molar-refractivity contribution in [2.45, 2.75) is 25.3 Å². The van der Waals surface area contributed by atoms with Crippen molar-refractivity contribution >= 4 is 22.8 Å². The van der Waals surface area contributed by atoms with E-state index in [4.69, 9.17) is 9.15 Å². The zero-order chi connectivity index (χ0) is 24.0. The van der Waals surface area contributed by atoms with E-state index in [2.05, 4.69) is 0 Å². The fourth-order valence-corrected chi connectivity index (χ4v) is 4.71. The highest BCUT2D eigenvalue weighted by Crippen LogP contribution is 2.47. The number of ether oxygens (including phenoxy) is 1. The summed E-state index contributed by atoms with van der Waals surface area (Å²) in [6, 6.07) is 23.3. The van der Waals surface area contributed by atoms with Crippen molar-refractivity contribution in [3.8, 4) is 5.75 Å². The highest BCUT2D eigenvalue weighted by atomic mass is 16.5. The monoisotopic (exact) mass is 453 g/mol. The van der Waals surface area contributed by atoms with E-state index >= 15 is 0 Å². The molecule has 0 aliphatic carbocycles. The van der Waals surface area contributed by atoms with E-state index in [1.165, 1.54) is 4.90 Å². The zero-order valence-electron chi connectivity index (χ0n) is 19.1. The van der Waals surface area contributed by atoms with Crippen molar-refractivity contribution < 1.29 is 18.7 Å². The molecule has 1 aromatic heterocycles. The molecule has 0 bridgehead atoms. The minimum absolute atomic E-state index is 0.187. The molecule has 0 saturated heterocycles. The van der Waals surface area contributed by atoms with Crippen molar-refractivity contribution in [2.75, 3.05) is 7.05 Å². The van der Waals surface area contributed by atoms with Gasteiger partial charge in [-0.3, -0.25) is 4.79 Å². The third-order valence-electron chi connectivity index (χ3n) is 6.66. The number of amides is 1. The molecule has 0 radical (unpaired) electrons. The maximum atomic E-state index is 13.7. The normalized spacial score (nSPS) is 19.4. The minimum Gasteiger partial charge on any atom is -0.423 e. The number of esters is 1. The van der Waals surface area contributed by atoms with E-state index in [9.17, 15) is 14.4 Å². The average Bonchev–Trinajstić information content (AvgIpc) is 2.86. The van der Waals surface area contributed by atoms with Crippen LogP contribution in [0.5, 0.6) is 5.75 Å². The Hall–Kier alpha value is -4.19. The highest BCUT2D eigenvalue weighted by Gasteiger charge is 2.55. The number of rotatable bonds is 3. The molecule has 5 rings (SSSR count). The number of likely N-dealkylation sites (N-methyl/N-ethyl adjacent to an activating group) is 1. The first-order valence-corrected chi connectivity index (χ1v) is 11.0. The number of carbonyl (C=O) groups is 2. The molecule has 0 saturated carbocycles. The van der Waals surface area contributed by atoms with Crippen LogP contribution < -0.4 is 10.4 Å². The molecule has 0 fully saturated rings. The highest BCUT2D eigenvalue weighted by molar-refractivity contribution is 6.01. The standard InChI is InChI=1S/C28H23NO5/c1-17-14-15-21-20(16-17)24-22(26(31)33-21)23(18-10-6-4-7-11-18)28(2,27(32)34-24)29(3)25(30)19-12-8-5-9-13-19/h4-16,23H,1-3H3/t23-,28+/m0/s1. The van der Waals surface area contributed by atoms with Crippen LogP contribution in [0.25, 0.3) is 11.0 Å². The summed E-state index contributed by atoms with van der Waals surface area (Å²) in [6.45, 7) is 3.54. The Morgan fingerprint density at radius 1 is 0.941 bits per heavy atom. The Kier molecular flexibility index (Phi) is 5.09. The fraction of sp³-hybridized carbons (Fsp3) is 0.179. The molecule has 3 aromatic carbocycles. The number of fused-ring (bicyclic) bond motifs is 3. The van der Waals surface area contributed by atoms with Crippen molar-refractivity contribution in [1.82, 2.24) is 4.90 Å². The predicted octanol–water partition coefficient (Wildman–Crippen LogP) is 4.68. The molecule has 2 heterocycles. The van der Waals surface area contributed by atoms with Crippen LogP contribution in [0, 0.1) is 6.92 Å². The van der Waals surface area contributed by atoms with Gasteiger partial charge in [0.05, 0.1) is 16.9 Å². The molecule has 6 nitrogen and oxygen atoms in total. The zero-order valence-corrected chi connectivity index (χ0v) is 19.1. The fourth-order valence-electron chi connectivity index (χ4n) is 4.71. The molecule has 1 amide bonds. The maximum absolute atomic E-state index is 13.7. The number of hydrogen-bond acceptors (Lipinski definition) is 5. The van der Waals surface area contributed by atoms with Gasteiger partial charge < -0.3 is 14.1 Å². The molecule has 1 aliphatic heterocycles. The van der Waals surface area contributed by atoms with Gasteiger partial charge in [-0.05, 0) is 43.7 Å². The molecule has 0 N–H and O–H groups in total. The Bertz CT molecular complexity index is 1480. The summed E-state index contributed by atoms with van der Waals surface area (Å²) in [7, 11) is 1.56. The van der Waals surface area contributed by atoms with Gasteiger partial charge in [-0.2, -0.15) is 0 Å². The smallest absolute Gasteiger partial charge is 0.343 e. The number of benzene rings is 3. The van der Waals surface area contributed by atoms with Gasteiger partial charge in [-0.25, -0.2) is 9.59 Å². The number of aryl methyl sites for hydroxylation is 1. The average molecular weight is 453 g/mol. The first-order chi connectivity index (χ1) is 16.3. The summed E-state index contributed by atoms with van der Waals surface area (Å²) in [5.41, 5.74) is 0.520. The van der Waals surface area contributed by atoms with E-state index in [1.54, 1.807) is 44.3 Å². The summed E-state index contributed by atoms with van der Waals surface area (Å²) in [4.78, 5) is 41.9. The Morgan fingerprint density at radius 2 is 1.59 bits per heavy atom. The van der Waals surface area contributed by atoms with Gasteiger partial charge >= 0.3 is 11.6 Å². The quantitative estimate of drug-likeness (QED) is 0.332. The third kappa shape index (κ3) is 3.22. The van der Waals surface area contributed by atoms with Crippen LogP contribution in [0.4, 0.5) is 0 Å². The van der Waals surface area contributed by atoms with E-state index < -0.39 is 23.1 Å². The molecular weight excluding hydrogens is 430 g/mol. The Labute approximate surface area is 196 Å². The van der Waals surface area contributed by atoms with Crippen LogP contribution in [0.3, 0.4) is 0 Å². The van der Waals surface area contributed by atoms with Gasteiger partial charge in [0.2, 0.25) is 0 Å². The van der Waals surface area contributed by atoms with E-state index in [-0.39, 0.29) is 17.2 Å². The van der Waals surface area contributed by atoms with E-state index in [0.717, 1.165) is 5.56 Å². The topological polar surface area (TPSA) is 76.8 Å². The molecule has 0 spiro atoms. The molecule has 4 aromatic rings. The molecule has 34 heavy (non-hydrogen) atoms. The number of carbonyl (C=O) groups excluding carboxylic acids is 2. The molecule has 6 heteroatoms. The van der Waals surface area contributed by atoms with Gasteiger partial charge in [0, 0.05) is 12.6 Å². The lowest BCUT2D eigenvalue weighted by molar-refractivity contribution is -0.148.